The molecule has 15 heteroatoms. The maximum absolute atomic E-state index is 13.8. The monoisotopic (exact) mass is 572 g/mol. The molecule has 0 unspecified atom stereocenters. The zero-order valence-corrected chi connectivity index (χ0v) is 22.5. The number of hydrogen-bond acceptors (Lipinski definition) is 7. The van der Waals surface area contributed by atoms with Crippen molar-refractivity contribution in [1.29, 1.82) is 0 Å². The molecule has 0 bridgehead atoms. The molecule has 0 radical (unpaired) electrons. The van der Waals surface area contributed by atoms with Gasteiger partial charge in [-0.2, -0.15) is 0 Å². The van der Waals surface area contributed by atoms with E-state index in [0.29, 0.717) is 19.3 Å². The van der Waals surface area contributed by atoms with E-state index in [1.165, 1.54) is 4.90 Å². The lowest BCUT2D eigenvalue weighted by Gasteiger charge is -2.30. The molecule has 2 aliphatic rings. The van der Waals surface area contributed by atoms with Crippen molar-refractivity contribution in [3.05, 3.63) is 35.9 Å². The number of carbonyl (C=O) groups excluding carboxylic acids is 5. The Bertz CT molecular complexity index is 1170. The molecule has 2 aliphatic heterocycles. The maximum Gasteiger partial charge on any atom is 0.305 e. The van der Waals surface area contributed by atoms with Gasteiger partial charge in [-0.15, -0.1) is 0 Å². The second kappa shape index (κ2) is 14.6. The summed E-state index contributed by atoms with van der Waals surface area (Å²) in [7, 11) is 0. The molecule has 0 aromatic heterocycles. The molecule has 41 heavy (non-hydrogen) atoms. The predicted octanol–water partition coefficient (Wildman–Crippen LogP) is -2.67. The SMILES string of the molecule is NC(N)=NCCC[C@@H]1NC(=O)[C@@H]2CCCN2C(=O)[C@@H](Cc2ccccc2)NC(=O)[C@H](CC(=O)O)NC(=O)CNC1=O. The van der Waals surface area contributed by atoms with Gasteiger partial charge in [0.1, 0.15) is 24.2 Å². The lowest BCUT2D eigenvalue weighted by molar-refractivity contribution is -0.143. The standard InChI is InChI=1S/C26H36N8O7/c27-26(28)29-10-4-8-16-22(38)30-14-20(35)31-17(13-21(36)37)23(39)33-18(12-15-6-2-1-3-7-15)25(41)34-11-5-9-19(34)24(40)32-16/h1-3,6-7,16-19H,4-5,8-14H2,(H,30,38)(H,31,35)(H,32,40)(H,33,39)(H,36,37)(H4,27,28,29)/t16-,17-,18+,19-/m0/s1. The fourth-order valence-corrected chi connectivity index (χ4v) is 4.79. The number of nitrogens with two attached hydrogens (primary N) is 2. The summed E-state index contributed by atoms with van der Waals surface area (Å²) >= 11 is 0. The van der Waals surface area contributed by atoms with E-state index in [-0.39, 0.29) is 31.9 Å². The summed E-state index contributed by atoms with van der Waals surface area (Å²) in [6.45, 7) is -0.137. The summed E-state index contributed by atoms with van der Waals surface area (Å²) < 4.78 is 0. The third-order valence-electron chi connectivity index (χ3n) is 6.77. The van der Waals surface area contributed by atoms with Crippen LogP contribution in [0.3, 0.4) is 0 Å². The molecule has 3 rings (SSSR count). The molecule has 2 saturated heterocycles. The van der Waals surface area contributed by atoms with Crippen LogP contribution in [0, 0.1) is 0 Å². The van der Waals surface area contributed by atoms with E-state index in [1.54, 1.807) is 30.3 Å². The predicted molar refractivity (Wildman–Crippen MR) is 146 cm³/mol. The number of amides is 5. The van der Waals surface area contributed by atoms with Gasteiger partial charge >= 0.3 is 5.97 Å². The molecule has 0 spiro atoms. The number of aliphatic imine (C=N–C) groups is 1. The van der Waals surface area contributed by atoms with Crippen LogP contribution < -0.4 is 32.7 Å². The van der Waals surface area contributed by atoms with Crippen LogP contribution in [0.2, 0.25) is 0 Å². The summed E-state index contributed by atoms with van der Waals surface area (Å²) in [5.41, 5.74) is 11.4. The van der Waals surface area contributed by atoms with Gasteiger partial charge in [-0.05, 0) is 31.2 Å². The van der Waals surface area contributed by atoms with Gasteiger partial charge in [-0.1, -0.05) is 30.3 Å². The van der Waals surface area contributed by atoms with E-state index in [0.717, 1.165) is 5.56 Å². The number of fused-ring (bicyclic) bond motifs is 1. The number of hydrogen-bond donors (Lipinski definition) is 7. The van der Waals surface area contributed by atoms with E-state index in [2.05, 4.69) is 26.3 Å². The third kappa shape index (κ3) is 9.19. The van der Waals surface area contributed by atoms with Crippen molar-refractivity contribution in [3.63, 3.8) is 0 Å². The van der Waals surface area contributed by atoms with E-state index in [1.807, 2.05) is 0 Å². The minimum atomic E-state index is -1.52. The van der Waals surface area contributed by atoms with Gasteiger partial charge in [0, 0.05) is 19.5 Å². The van der Waals surface area contributed by atoms with Crippen molar-refractivity contribution < 1.29 is 33.9 Å². The molecule has 0 aliphatic carbocycles. The number of nitrogens with one attached hydrogen (secondary N) is 4. The zero-order valence-electron chi connectivity index (χ0n) is 22.5. The number of nitrogens with zero attached hydrogens (tertiary/aromatic N) is 2. The molecular formula is C26H36N8O7. The number of carboxylic acid groups (broad SMARTS) is 1. The van der Waals surface area contributed by atoms with Crippen molar-refractivity contribution in [2.45, 2.75) is 62.7 Å². The van der Waals surface area contributed by atoms with Crippen LogP contribution in [-0.2, 0) is 35.2 Å². The van der Waals surface area contributed by atoms with Crippen molar-refractivity contribution in [3.8, 4) is 0 Å². The molecular weight excluding hydrogens is 536 g/mol. The van der Waals surface area contributed by atoms with Crippen LogP contribution in [0.4, 0.5) is 0 Å². The Morgan fingerprint density at radius 3 is 2.34 bits per heavy atom. The summed E-state index contributed by atoms with van der Waals surface area (Å²) in [5, 5.41) is 19.4. The fourth-order valence-electron chi connectivity index (χ4n) is 4.79. The van der Waals surface area contributed by atoms with Crippen molar-refractivity contribution in [2.75, 3.05) is 19.6 Å². The molecule has 0 saturated carbocycles. The van der Waals surface area contributed by atoms with Crippen molar-refractivity contribution in [1.82, 2.24) is 26.2 Å². The van der Waals surface area contributed by atoms with Gasteiger partial charge < -0.3 is 42.7 Å². The minimum Gasteiger partial charge on any atom is -0.481 e. The Morgan fingerprint density at radius 1 is 0.951 bits per heavy atom. The van der Waals surface area contributed by atoms with Crippen molar-refractivity contribution >= 4 is 41.5 Å². The third-order valence-corrected chi connectivity index (χ3v) is 6.77. The normalized spacial score (nSPS) is 24.1. The van der Waals surface area contributed by atoms with Crippen LogP contribution >= 0.6 is 0 Å². The lowest BCUT2D eigenvalue weighted by atomic mass is 10.0. The number of carbonyl (C=O) groups is 6. The highest BCUT2D eigenvalue weighted by molar-refractivity contribution is 5.98. The molecule has 4 atom stereocenters. The second-order valence-corrected chi connectivity index (χ2v) is 9.89. The second-order valence-electron chi connectivity index (χ2n) is 9.89. The first-order chi connectivity index (χ1) is 19.5. The quantitative estimate of drug-likeness (QED) is 0.0975. The van der Waals surface area contributed by atoms with Crippen LogP contribution in [0.25, 0.3) is 0 Å². The van der Waals surface area contributed by atoms with Crippen LogP contribution in [0.15, 0.2) is 35.3 Å². The molecule has 222 valence electrons. The highest BCUT2D eigenvalue weighted by Gasteiger charge is 2.40. The summed E-state index contributed by atoms with van der Waals surface area (Å²) in [6, 6.07) is 4.24. The molecule has 5 amide bonds. The van der Waals surface area contributed by atoms with E-state index in [4.69, 9.17) is 11.5 Å². The van der Waals surface area contributed by atoms with Gasteiger partial charge in [0.25, 0.3) is 0 Å². The Hall–Kier alpha value is -4.69. The number of rotatable bonds is 8. The zero-order chi connectivity index (χ0) is 29.9. The molecule has 1 aromatic carbocycles. The topological polar surface area (TPSA) is 238 Å². The molecule has 15 nitrogen and oxygen atoms in total. The van der Waals surface area contributed by atoms with Crippen molar-refractivity contribution in [2.24, 2.45) is 16.5 Å². The van der Waals surface area contributed by atoms with Crippen LogP contribution in [-0.4, -0.2) is 95.3 Å². The minimum absolute atomic E-state index is 0.0669. The first-order valence-electron chi connectivity index (χ1n) is 13.3. The highest BCUT2D eigenvalue weighted by Crippen LogP contribution is 2.20. The van der Waals surface area contributed by atoms with Crippen LogP contribution in [0.5, 0.6) is 0 Å². The fraction of sp³-hybridized carbons (Fsp3) is 0.500. The van der Waals surface area contributed by atoms with E-state index in [9.17, 15) is 33.9 Å². The number of aliphatic carboxylic acids is 1. The van der Waals surface area contributed by atoms with Crippen LogP contribution in [0.1, 0.15) is 37.7 Å². The summed E-state index contributed by atoms with van der Waals surface area (Å²) in [5.74, 6) is -4.95. The molecule has 2 fully saturated rings. The first kappa shape index (κ1) is 30.8. The van der Waals surface area contributed by atoms with Gasteiger partial charge in [-0.25, -0.2) is 0 Å². The molecule has 2 heterocycles. The summed E-state index contributed by atoms with van der Waals surface area (Å²) in [6.07, 6.45) is 0.639. The lowest BCUT2D eigenvalue weighted by Crippen LogP contribution is -2.58. The molecule has 1 aromatic rings. The van der Waals surface area contributed by atoms with E-state index >= 15 is 0 Å². The smallest absolute Gasteiger partial charge is 0.305 e. The average molecular weight is 573 g/mol. The largest absolute Gasteiger partial charge is 0.481 e. The number of guanidine groups is 1. The van der Waals surface area contributed by atoms with E-state index < -0.39 is 72.6 Å². The summed E-state index contributed by atoms with van der Waals surface area (Å²) in [4.78, 5) is 82.6. The molecule has 9 N–H and O–H groups in total. The Kier molecular flexibility index (Phi) is 11.0. The van der Waals surface area contributed by atoms with Gasteiger partial charge in [0.15, 0.2) is 5.96 Å². The Balaban J connectivity index is 1.93. The number of carboxylic acids is 1. The Morgan fingerprint density at radius 2 is 1.66 bits per heavy atom. The number of benzene rings is 1. The van der Waals surface area contributed by atoms with Gasteiger partial charge in [0.05, 0.1) is 13.0 Å². The average Bonchev–Trinajstić information content (AvgIpc) is 3.42. The highest BCUT2D eigenvalue weighted by atomic mass is 16.4. The Labute approximate surface area is 236 Å². The first-order valence-corrected chi connectivity index (χ1v) is 13.3. The maximum atomic E-state index is 13.8. The van der Waals surface area contributed by atoms with Gasteiger partial charge in [-0.3, -0.25) is 33.8 Å². The van der Waals surface area contributed by atoms with Gasteiger partial charge in [0.2, 0.25) is 29.5 Å².